The van der Waals surface area contributed by atoms with E-state index in [1.165, 1.54) is 117 Å². The Hall–Kier alpha value is -5.34. The number of aryl methyl sites for hydroxylation is 4. The van der Waals surface area contributed by atoms with Crippen LogP contribution in [0.2, 0.25) is 6.32 Å². The summed E-state index contributed by atoms with van der Waals surface area (Å²) in [7, 11) is 0.930. The van der Waals surface area contributed by atoms with Gasteiger partial charge in [-0.3, -0.25) is 0 Å². The average Bonchev–Trinajstić information content (AvgIpc) is 3.44. The average molecular weight is 824 g/mol. The van der Waals surface area contributed by atoms with Crippen LogP contribution in [0.15, 0.2) is 126 Å². The van der Waals surface area contributed by atoms with E-state index in [-0.39, 0.29) is 16.2 Å². The fourth-order valence-corrected chi connectivity index (χ4v) is 11.3. The van der Waals surface area contributed by atoms with Crippen molar-refractivity contribution in [3.05, 3.63) is 193 Å². The van der Waals surface area contributed by atoms with Crippen molar-refractivity contribution in [3.8, 4) is 22.4 Å². The van der Waals surface area contributed by atoms with E-state index in [0.29, 0.717) is 0 Å². The van der Waals surface area contributed by atoms with Crippen LogP contribution in [-0.2, 0) is 35.5 Å². The summed E-state index contributed by atoms with van der Waals surface area (Å²) in [6.07, 6.45) is 7.62. The molecule has 6 aromatic rings. The fraction of sp³-hybridized carbons (Fsp3) is 0.344. The molecule has 1 nitrogen and oxygen atoms in total. The highest BCUT2D eigenvalue weighted by Gasteiger charge is 2.40. The first-order valence-corrected chi connectivity index (χ1v) is 24.0. The van der Waals surface area contributed by atoms with Gasteiger partial charge in [0.2, 0.25) is 7.41 Å². The van der Waals surface area contributed by atoms with Crippen LogP contribution in [0.25, 0.3) is 39.1 Å². The standard InChI is InChI=1S/C61H66BN/c1-37-18-22-39(23-19-37)52-49-16-12-14-42-34-45(60(6,7)8)30-32-47(42)55(49)51-36-62-63-57-48-33-31-46(61(9,10)11)35-43(48)15-13-17-50(57)53(40-24-20-38(2)21-25-40)58(63)54(56(51)52)41-26-28-44(29-27-41)59(3,4)5/h18-35,62H,12-17,36H2,1-11H3. The Morgan fingerprint density at radius 1 is 0.429 bits per heavy atom. The number of hydrogen-bond acceptors (Lipinski definition) is 0. The van der Waals surface area contributed by atoms with Crippen molar-refractivity contribution in [3.63, 3.8) is 0 Å². The second-order valence-electron chi connectivity index (χ2n) is 22.4. The smallest absolute Gasteiger partial charge is 0.246 e. The predicted octanol–water partition coefficient (Wildman–Crippen LogP) is 15.5. The molecule has 4 aliphatic rings. The van der Waals surface area contributed by atoms with Crippen LogP contribution in [0.3, 0.4) is 0 Å². The van der Waals surface area contributed by atoms with Crippen LogP contribution >= 0.6 is 0 Å². The van der Waals surface area contributed by atoms with Crippen molar-refractivity contribution in [2.45, 2.75) is 137 Å². The maximum atomic E-state index is 2.82. The number of nitrogens with zero attached hydrogens (tertiary/aromatic N) is 1. The highest BCUT2D eigenvalue weighted by Crippen LogP contribution is 2.58. The summed E-state index contributed by atoms with van der Waals surface area (Å²) in [5.41, 5.74) is 31.7. The van der Waals surface area contributed by atoms with Gasteiger partial charge in [-0.2, -0.15) is 0 Å². The summed E-state index contributed by atoms with van der Waals surface area (Å²) in [5.74, 6) is 0. The van der Waals surface area contributed by atoms with E-state index in [1.807, 2.05) is 0 Å². The quantitative estimate of drug-likeness (QED) is 0.157. The van der Waals surface area contributed by atoms with Gasteiger partial charge in [0.15, 0.2) is 0 Å². The van der Waals surface area contributed by atoms with Crippen molar-refractivity contribution in [1.82, 2.24) is 4.48 Å². The van der Waals surface area contributed by atoms with E-state index in [4.69, 9.17) is 0 Å². The van der Waals surface area contributed by atoms with Gasteiger partial charge in [0.05, 0.1) is 0 Å². The van der Waals surface area contributed by atoms with Crippen LogP contribution in [0.1, 0.15) is 148 Å². The molecule has 0 saturated carbocycles. The fourth-order valence-electron chi connectivity index (χ4n) is 11.3. The Morgan fingerprint density at radius 2 is 0.921 bits per heavy atom. The summed E-state index contributed by atoms with van der Waals surface area (Å²) in [4.78, 5) is 0. The zero-order valence-corrected chi connectivity index (χ0v) is 40.0. The summed E-state index contributed by atoms with van der Waals surface area (Å²) in [5, 5.41) is 0. The molecule has 1 aliphatic heterocycles. The Kier molecular flexibility index (Phi) is 10.0. The Bertz CT molecular complexity index is 2900. The Labute approximate surface area is 379 Å². The van der Waals surface area contributed by atoms with Crippen molar-refractivity contribution >= 4 is 24.1 Å². The highest BCUT2D eigenvalue weighted by molar-refractivity contribution is 6.39. The zero-order chi connectivity index (χ0) is 44.2. The van der Waals surface area contributed by atoms with Gasteiger partial charge in [-0.05, 0) is 158 Å². The predicted molar refractivity (Wildman–Crippen MR) is 272 cm³/mol. The number of benzene rings is 5. The van der Waals surface area contributed by atoms with Gasteiger partial charge < -0.3 is 4.48 Å². The molecule has 10 rings (SSSR count). The van der Waals surface area contributed by atoms with E-state index in [2.05, 4.69) is 190 Å². The van der Waals surface area contributed by atoms with Crippen molar-refractivity contribution in [2.24, 2.45) is 0 Å². The molecule has 0 spiro atoms. The molecule has 0 N–H and O–H groups in total. The number of allylic oxidation sites excluding steroid dienone is 5. The van der Waals surface area contributed by atoms with Gasteiger partial charge in [-0.15, -0.1) is 0 Å². The van der Waals surface area contributed by atoms with Crippen molar-refractivity contribution in [2.75, 3.05) is 0 Å². The summed E-state index contributed by atoms with van der Waals surface area (Å²) >= 11 is 0. The molecule has 0 atom stereocenters. The monoisotopic (exact) mass is 824 g/mol. The molecular weight excluding hydrogens is 757 g/mol. The van der Waals surface area contributed by atoms with Crippen molar-refractivity contribution in [1.29, 1.82) is 0 Å². The molecule has 318 valence electrons. The third kappa shape index (κ3) is 7.17. The lowest BCUT2D eigenvalue weighted by atomic mass is 9.77. The second-order valence-corrected chi connectivity index (χ2v) is 22.4. The molecule has 1 aromatic heterocycles. The number of hydrogen-bond donors (Lipinski definition) is 0. The Balaban J connectivity index is 1.37. The van der Waals surface area contributed by atoms with Crippen LogP contribution < -0.4 is 0 Å². The van der Waals surface area contributed by atoms with E-state index in [0.717, 1.165) is 52.3 Å². The van der Waals surface area contributed by atoms with Gasteiger partial charge in [-0.25, -0.2) is 0 Å². The lowest BCUT2D eigenvalue weighted by Gasteiger charge is -2.23. The Morgan fingerprint density at radius 3 is 1.51 bits per heavy atom. The number of aromatic nitrogens is 1. The first-order valence-electron chi connectivity index (χ1n) is 24.0. The van der Waals surface area contributed by atoms with E-state index in [1.54, 1.807) is 5.57 Å². The molecule has 3 aliphatic carbocycles. The molecule has 5 aromatic carbocycles. The molecule has 0 unspecified atom stereocenters. The summed E-state index contributed by atoms with van der Waals surface area (Å²) < 4.78 is 2.82. The summed E-state index contributed by atoms with van der Waals surface area (Å²) in [6.45, 7) is 25.6. The van der Waals surface area contributed by atoms with Crippen LogP contribution in [0, 0.1) is 13.8 Å². The second kappa shape index (κ2) is 15.1. The van der Waals surface area contributed by atoms with Gasteiger partial charge in [-0.1, -0.05) is 183 Å². The van der Waals surface area contributed by atoms with Gasteiger partial charge in [0.25, 0.3) is 0 Å². The first kappa shape index (κ1) is 41.7. The largest absolute Gasteiger partial charge is 0.388 e. The maximum Gasteiger partial charge on any atom is 0.246 e. The third-order valence-electron chi connectivity index (χ3n) is 14.8. The van der Waals surface area contributed by atoms with Gasteiger partial charge in [0.1, 0.15) is 0 Å². The minimum absolute atomic E-state index is 0.0539. The zero-order valence-electron chi connectivity index (χ0n) is 40.0. The normalized spacial score (nSPS) is 16.3. The lowest BCUT2D eigenvalue weighted by molar-refractivity contribution is 0.589. The molecule has 63 heavy (non-hydrogen) atoms. The van der Waals surface area contributed by atoms with E-state index >= 15 is 0 Å². The topological polar surface area (TPSA) is 4.93 Å². The minimum atomic E-state index is 0.0539. The molecular formula is C61H66BN. The van der Waals surface area contributed by atoms with E-state index in [9.17, 15) is 0 Å². The number of fused-ring (bicyclic) bond motifs is 9. The first-order chi connectivity index (χ1) is 30.0. The van der Waals surface area contributed by atoms with Gasteiger partial charge in [0, 0.05) is 28.1 Å². The molecule has 0 radical (unpaired) electrons. The highest BCUT2D eigenvalue weighted by atomic mass is 14.9. The molecule has 2 heterocycles. The molecule has 0 amide bonds. The van der Waals surface area contributed by atoms with E-state index < -0.39 is 0 Å². The van der Waals surface area contributed by atoms with Crippen LogP contribution in [-0.4, -0.2) is 11.9 Å². The minimum Gasteiger partial charge on any atom is -0.388 e. The maximum absolute atomic E-state index is 2.82. The third-order valence-corrected chi connectivity index (χ3v) is 14.8. The summed E-state index contributed by atoms with van der Waals surface area (Å²) in [6, 6.07) is 43.8. The molecule has 0 fully saturated rings. The molecule has 0 bridgehead atoms. The molecule has 0 saturated heterocycles. The van der Waals surface area contributed by atoms with Crippen LogP contribution in [0.4, 0.5) is 0 Å². The lowest BCUT2D eigenvalue weighted by Crippen LogP contribution is -2.13. The SMILES string of the molecule is Cc1ccc(C2=C3CCCc4cc(C(C)(C)C)ccc4C3=C3CBn4c(c(-c5ccc(C)cc5)c5c4-c4ccc(C(C)(C)C)cc4CCC5)C(c4ccc(C(C)(C)C)cc4)=C32)cc1. The molecule has 2 heteroatoms. The van der Waals surface area contributed by atoms with Crippen molar-refractivity contribution < 1.29 is 0 Å². The van der Waals surface area contributed by atoms with Crippen LogP contribution in [0.5, 0.6) is 0 Å². The van der Waals surface area contributed by atoms with Gasteiger partial charge >= 0.3 is 0 Å². The number of rotatable bonds is 3.